The summed E-state index contributed by atoms with van der Waals surface area (Å²) in [6.45, 7) is 5.72. The first-order chi connectivity index (χ1) is 12.2. The van der Waals surface area contributed by atoms with E-state index >= 15 is 0 Å². The number of carbonyl (C=O) groups excluding carboxylic acids is 1. The molecule has 1 fully saturated rings. The standard InChI is InChI=1S/C20H25N3O2/c1-4-17-13-23(14-21-17)18-9-8-15(12-19(18)25-3)11-16-7-6-10-22(5-2)20(16)24/h8-9,11-14H,4-7,10H2,1-3H3/b16-11+. The average molecular weight is 339 g/mol. The first-order valence-electron chi connectivity index (χ1n) is 8.87. The Kier molecular flexibility index (Phi) is 5.22. The number of benzene rings is 1. The van der Waals surface area contributed by atoms with E-state index in [4.69, 9.17) is 4.74 Å². The second-order valence-corrected chi connectivity index (χ2v) is 6.22. The van der Waals surface area contributed by atoms with Crippen LogP contribution in [0.3, 0.4) is 0 Å². The molecule has 1 aromatic carbocycles. The third-order valence-electron chi connectivity index (χ3n) is 4.64. The Labute approximate surface area is 148 Å². The van der Waals surface area contributed by atoms with Gasteiger partial charge in [-0.25, -0.2) is 4.98 Å². The van der Waals surface area contributed by atoms with Crippen molar-refractivity contribution in [1.82, 2.24) is 14.5 Å². The van der Waals surface area contributed by atoms with Gasteiger partial charge in [-0.2, -0.15) is 0 Å². The van der Waals surface area contributed by atoms with E-state index in [9.17, 15) is 4.79 Å². The Hall–Kier alpha value is -2.56. The maximum absolute atomic E-state index is 12.5. The van der Waals surface area contributed by atoms with Crippen LogP contribution in [0.1, 0.15) is 37.9 Å². The van der Waals surface area contributed by atoms with Gasteiger partial charge in [0.15, 0.2) is 0 Å². The van der Waals surface area contributed by atoms with Crippen molar-refractivity contribution in [3.05, 3.63) is 47.6 Å². The molecule has 5 nitrogen and oxygen atoms in total. The van der Waals surface area contributed by atoms with E-state index in [0.717, 1.165) is 60.6 Å². The lowest BCUT2D eigenvalue weighted by Gasteiger charge is -2.27. The summed E-state index contributed by atoms with van der Waals surface area (Å²) >= 11 is 0. The highest BCUT2D eigenvalue weighted by Crippen LogP contribution is 2.27. The number of aryl methyl sites for hydroxylation is 1. The second kappa shape index (κ2) is 7.55. The van der Waals surface area contributed by atoms with Gasteiger partial charge >= 0.3 is 0 Å². The summed E-state index contributed by atoms with van der Waals surface area (Å²) in [5, 5.41) is 0. The van der Waals surface area contributed by atoms with Gasteiger partial charge < -0.3 is 14.2 Å². The van der Waals surface area contributed by atoms with Crippen molar-refractivity contribution in [2.24, 2.45) is 0 Å². The Balaban J connectivity index is 1.91. The van der Waals surface area contributed by atoms with Crippen LogP contribution in [0.25, 0.3) is 11.8 Å². The lowest BCUT2D eigenvalue weighted by molar-refractivity contribution is -0.128. The Morgan fingerprint density at radius 3 is 2.84 bits per heavy atom. The minimum Gasteiger partial charge on any atom is -0.495 e. The molecule has 1 aromatic heterocycles. The smallest absolute Gasteiger partial charge is 0.249 e. The molecule has 5 heteroatoms. The number of piperidine rings is 1. The minimum atomic E-state index is 0.152. The molecule has 132 valence electrons. The van der Waals surface area contributed by atoms with Gasteiger partial charge in [0, 0.05) is 24.9 Å². The van der Waals surface area contributed by atoms with E-state index in [1.807, 2.05) is 46.9 Å². The summed E-state index contributed by atoms with van der Waals surface area (Å²) in [5.74, 6) is 0.920. The minimum absolute atomic E-state index is 0.152. The van der Waals surface area contributed by atoms with E-state index in [1.165, 1.54) is 0 Å². The van der Waals surface area contributed by atoms with E-state index < -0.39 is 0 Å². The van der Waals surface area contributed by atoms with Gasteiger partial charge in [0.25, 0.3) is 0 Å². The normalized spacial score (nSPS) is 16.5. The molecule has 1 aliphatic heterocycles. The predicted molar refractivity (Wildman–Crippen MR) is 99.0 cm³/mol. The van der Waals surface area contributed by atoms with E-state index in [1.54, 1.807) is 13.4 Å². The van der Waals surface area contributed by atoms with Gasteiger partial charge in [0.2, 0.25) is 5.91 Å². The molecule has 2 heterocycles. The first-order valence-corrected chi connectivity index (χ1v) is 8.87. The van der Waals surface area contributed by atoms with E-state index in [2.05, 4.69) is 11.9 Å². The molecule has 0 radical (unpaired) electrons. The van der Waals surface area contributed by atoms with Gasteiger partial charge in [-0.1, -0.05) is 13.0 Å². The van der Waals surface area contributed by atoms with Crippen LogP contribution in [-0.2, 0) is 11.2 Å². The first kappa shape index (κ1) is 17.3. The van der Waals surface area contributed by atoms with Crippen molar-refractivity contribution in [3.8, 4) is 11.4 Å². The maximum atomic E-state index is 12.5. The number of carbonyl (C=O) groups is 1. The quantitative estimate of drug-likeness (QED) is 0.784. The lowest BCUT2D eigenvalue weighted by Crippen LogP contribution is -2.36. The summed E-state index contributed by atoms with van der Waals surface area (Å²) in [5.41, 5.74) is 3.85. The van der Waals surface area contributed by atoms with Crippen molar-refractivity contribution in [2.75, 3.05) is 20.2 Å². The van der Waals surface area contributed by atoms with Crippen LogP contribution in [0.4, 0.5) is 0 Å². The molecular formula is C20H25N3O2. The van der Waals surface area contributed by atoms with Crippen LogP contribution >= 0.6 is 0 Å². The van der Waals surface area contributed by atoms with Gasteiger partial charge in [-0.3, -0.25) is 4.79 Å². The van der Waals surface area contributed by atoms with Crippen molar-refractivity contribution >= 4 is 12.0 Å². The molecule has 0 bridgehead atoms. The fraction of sp³-hybridized carbons (Fsp3) is 0.400. The molecule has 1 amide bonds. The number of rotatable bonds is 5. The molecule has 2 aromatic rings. The van der Waals surface area contributed by atoms with Crippen LogP contribution in [-0.4, -0.2) is 40.6 Å². The zero-order valence-corrected chi connectivity index (χ0v) is 15.2. The van der Waals surface area contributed by atoms with Crippen LogP contribution in [0.5, 0.6) is 5.75 Å². The number of likely N-dealkylation sites (N-methyl/N-ethyl adjacent to an activating group) is 1. The maximum Gasteiger partial charge on any atom is 0.249 e. The number of aromatic nitrogens is 2. The third-order valence-corrected chi connectivity index (χ3v) is 4.64. The van der Waals surface area contributed by atoms with Gasteiger partial charge in [0.1, 0.15) is 5.75 Å². The third kappa shape index (κ3) is 3.60. The monoisotopic (exact) mass is 339 g/mol. The highest BCUT2D eigenvalue weighted by molar-refractivity contribution is 5.98. The number of amides is 1. The van der Waals surface area contributed by atoms with E-state index in [-0.39, 0.29) is 5.91 Å². The molecule has 0 saturated carbocycles. The average Bonchev–Trinajstić information content (AvgIpc) is 3.12. The van der Waals surface area contributed by atoms with E-state index in [0.29, 0.717) is 0 Å². The van der Waals surface area contributed by atoms with Crippen LogP contribution < -0.4 is 4.74 Å². The number of hydrogen-bond acceptors (Lipinski definition) is 3. The number of nitrogens with zero attached hydrogens (tertiary/aromatic N) is 3. The fourth-order valence-electron chi connectivity index (χ4n) is 3.18. The fourth-order valence-corrected chi connectivity index (χ4v) is 3.18. The molecule has 1 aliphatic rings. The highest BCUT2D eigenvalue weighted by Gasteiger charge is 2.21. The molecule has 0 unspecified atom stereocenters. The molecule has 0 aliphatic carbocycles. The lowest BCUT2D eigenvalue weighted by atomic mass is 10.0. The molecule has 0 N–H and O–H groups in total. The van der Waals surface area contributed by atoms with Crippen LogP contribution in [0.15, 0.2) is 36.3 Å². The van der Waals surface area contributed by atoms with Crippen molar-refractivity contribution in [2.45, 2.75) is 33.1 Å². The summed E-state index contributed by atoms with van der Waals surface area (Å²) in [6, 6.07) is 6.01. The van der Waals surface area contributed by atoms with Crippen LogP contribution in [0, 0.1) is 0 Å². The van der Waals surface area contributed by atoms with Gasteiger partial charge in [-0.15, -0.1) is 0 Å². The summed E-state index contributed by atoms with van der Waals surface area (Å²) in [7, 11) is 1.66. The van der Waals surface area contributed by atoms with Crippen molar-refractivity contribution in [3.63, 3.8) is 0 Å². The number of methoxy groups -OCH3 is 1. The molecule has 0 atom stereocenters. The van der Waals surface area contributed by atoms with Gasteiger partial charge in [-0.05, 0) is 50.0 Å². The van der Waals surface area contributed by atoms with Crippen LogP contribution in [0.2, 0.25) is 0 Å². The Morgan fingerprint density at radius 2 is 2.16 bits per heavy atom. The number of ether oxygens (including phenoxy) is 1. The molecular weight excluding hydrogens is 314 g/mol. The zero-order valence-electron chi connectivity index (χ0n) is 15.2. The SMILES string of the molecule is CCc1cn(-c2ccc(/C=C3\CCCN(CC)C3=O)cc2OC)cn1. The summed E-state index contributed by atoms with van der Waals surface area (Å²) < 4.78 is 7.54. The molecule has 1 saturated heterocycles. The molecule has 0 spiro atoms. The van der Waals surface area contributed by atoms with Gasteiger partial charge in [0.05, 0.1) is 24.8 Å². The summed E-state index contributed by atoms with van der Waals surface area (Å²) in [4.78, 5) is 18.7. The largest absolute Gasteiger partial charge is 0.495 e. The van der Waals surface area contributed by atoms with Crippen molar-refractivity contribution < 1.29 is 9.53 Å². The number of hydrogen-bond donors (Lipinski definition) is 0. The number of imidazole rings is 1. The second-order valence-electron chi connectivity index (χ2n) is 6.22. The number of likely N-dealkylation sites (tertiary alicyclic amines) is 1. The predicted octanol–water partition coefficient (Wildman–Crippen LogP) is 3.47. The Morgan fingerprint density at radius 1 is 1.32 bits per heavy atom. The summed E-state index contributed by atoms with van der Waals surface area (Å²) in [6.07, 6.45) is 8.56. The zero-order chi connectivity index (χ0) is 17.8. The molecule has 25 heavy (non-hydrogen) atoms. The Bertz CT molecular complexity index is 792. The topological polar surface area (TPSA) is 47.4 Å². The highest BCUT2D eigenvalue weighted by atomic mass is 16.5. The van der Waals surface area contributed by atoms with Crippen molar-refractivity contribution in [1.29, 1.82) is 0 Å². The molecule has 3 rings (SSSR count).